The monoisotopic (exact) mass is 400 g/mol. The van der Waals surface area contributed by atoms with E-state index in [9.17, 15) is 9.59 Å². The van der Waals surface area contributed by atoms with Crippen LogP contribution in [0.15, 0.2) is 73.2 Å². The molecule has 0 unspecified atom stereocenters. The molecule has 0 aliphatic carbocycles. The van der Waals surface area contributed by atoms with Gasteiger partial charge in [0.1, 0.15) is 0 Å². The summed E-state index contributed by atoms with van der Waals surface area (Å²) in [4.78, 5) is 28.5. The van der Waals surface area contributed by atoms with Crippen molar-refractivity contribution in [2.24, 2.45) is 0 Å². The molecule has 0 saturated heterocycles. The second kappa shape index (κ2) is 8.37. The van der Waals surface area contributed by atoms with E-state index in [1.54, 1.807) is 33.9 Å². The zero-order valence-electron chi connectivity index (χ0n) is 17.1. The van der Waals surface area contributed by atoms with Gasteiger partial charge in [0.2, 0.25) is 11.8 Å². The van der Waals surface area contributed by atoms with Crippen LogP contribution in [0, 0.1) is 0 Å². The van der Waals surface area contributed by atoms with Crippen molar-refractivity contribution in [1.29, 1.82) is 0 Å². The summed E-state index contributed by atoms with van der Waals surface area (Å²) in [6, 6.07) is 17.4. The van der Waals surface area contributed by atoms with E-state index >= 15 is 0 Å². The topological polar surface area (TPSA) is 58.4 Å². The third-order valence-electron chi connectivity index (χ3n) is 5.34. The van der Waals surface area contributed by atoms with Gasteiger partial charge in [-0.3, -0.25) is 9.59 Å². The van der Waals surface area contributed by atoms with Crippen LogP contribution in [0.5, 0.6) is 0 Å². The molecule has 3 aromatic rings. The Kier molecular flexibility index (Phi) is 5.48. The molecule has 152 valence electrons. The largest absolute Gasteiger partial charge is 0.341 e. The Morgan fingerprint density at radius 1 is 1.07 bits per heavy atom. The Hall–Kier alpha value is -3.67. The molecule has 2 heterocycles. The van der Waals surface area contributed by atoms with Crippen molar-refractivity contribution in [3.8, 4) is 5.69 Å². The van der Waals surface area contributed by atoms with E-state index in [-0.39, 0.29) is 24.3 Å². The highest BCUT2D eigenvalue weighted by Gasteiger charge is 2.29. The lowest BCUT2D eigenvalue weighted by atomic mass is 9.93. The fourth-order valence-corrected chi connectivity index (χ4v) is 3.76. The quantitative estimate of drug-likeness (QED) is 0.655. The summed E-state index contributed by atoms with van der Waals surface area (Å²) in [5.41, 5.74) is 3.95. The molecule has 0 bridgehead atoms. The number of fused-ring (bicyclic) bond motifs is 1. The van der Waals surface area contributed by atoms with Crippen molar-refractivity contribution in [2.45, 2.75) is 25.9 Å². The molecule has 30 heavy (non-hydrogen) atoms. The molecule has 0 spiro atoms. The van der Waals surface area contributed by atoms with Crippen LogP contribution in [0.1, 0.15) is 36.1 Å². The van der Waals surface area contributed by atoms with Crippen LogP contribution < -0.4 is 0 Å². The van der Waals surface area contributed by atoms with Crippen LogP contribution in [0.4, 0.5) is 0 Å². The number of carbonyl (C=O) groups excluding carboxylic acids is 2. The van der Waals surface area contributed by atoms with Crippen LogP contribution in [-0.2, 0) is 16.1 Å². The molecule has 1 aliphatic rings. The Bertz CT molecular complexity index is 1090. The van der Waals surface area contributed by atoms with Gasteiger partial charge in [0.05, 0.1) is 24.3 Å². The van der Waals surface area contributed by atoms with Gasteiger partial charge in [0.25, 0.3) is 0 Å². The van der Waals surface area contributed by atoms with E-state index in [2.05, 4.69) is 5.10 Å². The van der Waals surface area contributed by atoms with Gasteiger partial charge in [-0.1, -0.05) is 42.5 Å². The first-order valence-corrected chi connectivity index (χ1v) is 9.92. The minimum atomic E-state index is -0.300. The number of rotatable bonds is 5. The highest BCUT2D eigenvalue weighted by Crippen LogP contribution is 2.33. The first-order chi connectivity index (χ1) is 14.5. The number of hydrogen-bond acceptors (Lipinski definition) is 3. The van der Waals surface area contributed by atoms with Gasteiger partial charge in [-0.25, -0.2) is 4.68 Å². The van der Waals surface area contributed by atoms with Crippen molar-refractivity contribution in [3.05, 3.63) is 89.9 Å². The van der Waals surface area contributed by atoms with Crippen LogP contribution in [0.3, 0.4) is 0 Å². The predicted molar refractivity (Wildman–Crippen MR) is 115 cm³/mol. The number of carbonyl (C=O) groups is 2. The van der Waals surface area contributed by atoms with E-state index in [1.165, 1.54) is 6.92 Å². The maximum absolute atomic E-state index is 13.0. The second-order valence-electron chi connectivity index (χ2n) is 7.47. The minimum Gasteiger partial charge on any atom is -0.341 e. The van der Waals surface area contributed by atoms with Gasteiger partial charge in [-0.15, -0.1) is 0 Å². The lowest BCUT2D eigenvalue weighted by molar-refractivity contribution is -0.134. The normalized spacial score (nSPS) is 15.0. The summed E-state index contributed by atoms with van der Waals surface area (Å²) < 4.78 is 1.80. The van der Waals surface area contributed by atoms with Crippen LogP contribution in [0.25, 0.3) is 11.8 Å². The maximum Gasteiger partial charge on any atom is 0.225 e. The van der Waals surface area contributed by atoms with Crippen LogP contribution in [0.2, 0.25) is 0 Å². The van der Waals surface area contributed by atoms with Gasteiger partial charge in [0, 0.05) is 38.5 Å². The van der Waals surface area contributed by atoms with E-state index < -0.39 is 0 Å². The fraction of sp³-hybridized carbons (Fsp3) is 0.208. The van der Waals surface area contributed by atoms with Gasteiger partial charge in [-0.2, -0.15) is 5.10 Å². The summed E-state index contributed by atoms with van der Waals surface area (Å²) in [7, 11) is 1.78. The van der Waals surface area contributed by atoms with Crippen molar-refractivity contribution in [1.82, 2.24) is 19.6 Å². The molecule has 0 fully saturated rings. The summed E-state index contributed by atoms with van der Waals surface area (Å²) in [6.07, 6.45) is 7.62. The summed E-state index contributed by atoms with van der Waals surface area (Å²) in [6.45, 7) is 1.98. The van der Waals surface area contributed by atoms with Crippen molar-refractivity contribution < 1.29 is 9.59 Å². The Labute approximate surface area is 176 Å². The molecule has 2 amide bonds. The molecule has 4 rings (SSSR count). The smallest absolute Gasteiger partial charge is 0.225 e. The fourth-order valence-electron chi connectivity index (χ4n) is 3.76. The average Bonchev–Trinajstić information content (AvgIpc) is 3.22. The molecule has 2 aromatic carbocycles. The summed E-state index contributed by atoms with van der Waals surface area (Å²) in [5.74, 6) is -0.103. The molecule has 1 atom stereocenters. The highest BCUT2D eigenvalue weighted by molar-refractivity contribution is 5.81. The number of aromatic nitrogens is 2. The van der Waals surface area contributed by atoms with Crippen LogP contribution in [-0.4, -0.2) is 38.4 Å². The number of benzene rings is 2. The van der Waals surface area contributed by atoms with Gasteiger partial charge >= 0.3 is 0 Å². The molecule has 6 nitrogen and oxygen atoms in total. The molecular weight excluding hydrogens is 376 g/mol. The molecule has 0 radical (unpaired) electrons. The summed E-state index contributed by atoms with van der Waals surface area (Å²) >= 11 is 0. The third-order valence-corrected chi connectivity index (χ3v) is 5.34. The SMILES string of the molecule is CC(=O)N1C=Cc2ccccc2[C@@H]1CC(=O)N(C)Cc1cnn(-c2ccccc2)c1. The molecule has 0 saturated carbocycles. The Morgan fingerprint density at radius 3 is 2.57 bits per heavy atom. The molecule has 1 aliphatic heterocycles. The number of para-hydroxylation sites is 1. The summed E-state index contributed by atoms with van der Waals surface area (Å²) in [5, 5.41) is 4.40. The van der Waals surface area contributed by atoms with Crippen LogP contribution >= 0.6 is 0 Å². The van der Waals surface area contributed by atoms with Crippen molar-refractivity contribution >= 4 is 17.9 Å². The third kappa shape index (κ3) is 4.03. The minimum absolute atomic E-state index is 0.0242. The van der Waals surface area contributed by atoms with Crippen molar-refractivity contribution in [2.75, 3.05) is 7.05 Å². The van der Waals surface area contributed by atoms with Gasteiger partial charge in [0.15, 0.2) is 0 Å². The first-order valence-electron chi connectivity index (χ1n) is 9.92. The molecule has 1 aromatic heterocycles. The van der Waals surface area contributed by atoms with E-state index in [0.717, 1.165) is 22.4 Å². The van der Waals surface area contributed by atoms with Crippen molar-refractivity contribution in [3.63, 3.8) is 0 Å². The average molecular weight is 400 g/mol. The van der Waals surface area contributed by atoms with E-state index in [0.29, 0.717) is 6.54 Å². The number of hydrogen-bond donors (Lipinski definition) is 0. The van der Waals surface area contributed by atoms with Gasteiger partial charge in [-0.05, 0) is 29.3 Å². The standard InChI is InChI=1S/C24H24N4O2/c1-18(29)27-13-12-20-8-6-7-11-22(20)23(27)14-24(30)26(2)16-19-15-25-28(17-19)21-9-4-3-5-10-21/h3-13,15,17,23H,14,16H2,1-2H3/t23-/m0/s1. The van der Waals surface area contributed by atoms with E-state index in [1.807, 2.05) is 66.9 Å². The molecule has 0 N–H and O–H groups in total. The Balaban J connectivity index is 1.47. The lowest BCUT2D eigenvalue weighted by Crippen LogP contribution is -2.35. The number of nitrogens with zero attached hydrogens (tertiary/aromatic N) is 4. The van der Waals surface area contributed by atoms with E-state index in [4.69, 9.17) is 0 Å². The molecule has 6 heteroatoms. The maximum atomic E-state index is 13.0. The Morgan fingerprint density at radius 2 is 1.80 bits per heavy atom. The lowest BCUT2D eigenvalue weighted by Gasteiger charge is -2.33. The number of amides is 2. The molecular formula is C24H24N4O2. The highest BCUT2D eigenvalue weighted by atomic mass is 16.2. The van der Waals surface area contributed by atoms with Gasteiger partial charge < -0.3 is 9.80 Å². The predicted octanol–water partition coefficient (Wildman–Crippen LogP) is 3.79. The first kappa shape index (κ1) is 19.6. The second-order valence-corrected chi connectivity index (χ2v) is 7.47. The zero-order valence-corrected chi connectivity index (χ0v) is 17.1. The zero-order chi connectivity index (χ0) is 21.1.